The quantitative estimate of drug-likeness (QED) is 0.438. The lowest BCUT2D eigenvalue weighted by Gasteiger charge is -1.94. The molecule has 0 aromatic heterocycles. The molecular formula is C8H16F2O. The molecule has 3 heteroatoms. The van der Waals surface area contributed by atoms with Crippen LogP contribution >= 0.6 is 0 Å². The molecule has 0 aliphatic heterocycles. The molecule has 68 valence electrons. The van der Waals surface area contributed by atoms with E-state index in [2.05, 4.69) is 6.92 Å². The van der Waals surface area contributed by atoms with Gasteiger partial charge in [-0.15, -0.1) is 0 Å². The van der Waals surface area contributed by atoms with Gasteiger partial charge >= 0.3 is 6.04 Å². The Morgan fingerprint density at radius 1 is 1.18 bits per heavy atom. The van der Waals surface area contributed by atoms with Gasteiger partial charge in [0, 0.05) is 6.42 Å². The van der Waals surface area contributed by atoms with Crippen molar-refractivity contribution in [2.45, 2.75) is 45.4 Å². The number of halogens is 2. The lowest BCUT2D eigenvalue weighted by Crippen LogP contribution is -1.86. The van der Waals surface area contributed by atoms with Gasteiger partial charge in [0.15, 0.2) is 0 Å². The van der Waals surface area contributed by atoms with Crippen LogP contribution < -0.4 is 0 Å². The molecule has 1 nitrogen and oxygen atoms in total. The van der Waals surface area contributed by atoms with Crippen LogP contribution in [-0.2, 0) is 4.79 Å². The molecule has 0 aliphatic carbocycles. The zero-order chi connectivity index (χ0) is 7.82. The number of carbonyl (C=O) groups is 1. The predicted octanol–water partition coefficient (Wildman–Crippen LogP) is 3.00. The Bertz CT molecular complexity index is 94.1. The van der Waals surface area contributed by atoms with E-state index in [-0.39, 0.29) is 11.1 Å². The molecule has 0 rings (SSSR count). The van der Waals surface area contributed by atoms with Gasteiger partial charge in [-0.1, -0.05) is 32.6 Å². The van der Waals surface area contributed by atoms with Crippen LogP contribution in [0.5, 0.6) is 0 Å². The lowest BCUT2D eigenvalue weighted by atomic mass is 10.1. The number of carbonyl (C=O) groups excluding carboxylic acids is 1. The first-order valence-electron chi connectivity index (χ1n) is 3.95. The number of hydrogen-bond acceptors (Lipinski definition) is 1. The molecule has 11 heavy (non-hydrogen) atoms. The number of unbranched alkanes of at least 4 members (excludes halogenated alkanes) is 4. The highest BCUT2D eigenvalue weighted by Crippen LogP contribution is 2.05. The predicted molar refractivity (Wildman–Crippen MR) is 42.0 cm³/mol. The van der Waals surface area contributed by atoms with Crippen LogP contribution in [-0.4, -0.2) is 6.04 Å². The lowest BCUT2D eigenvalue weighted by molar-refractivity contribution is -0.129. The third-order valence-electron chi connectivity index (χ3n) is 1.48. The van der Waals surface area contributed by atoms with Gasteiger partial charge in [-0.3, -0.25) is 9.50 Å². The Kier molecular flexibility index (Phi) is 11.4. The summed E-state index contributed by atoms with van der Waals surface area (Å²) < 4.78 is 11.6. The summed E-state index contributed by atoms with van der Waals surface area (Å²) in [6.07, 6.45) is 5.33. The monoisotopic (exact) mass is 166 g/mol. The van der Waals surface area contributed by atoms with Crippen molar-refractivity contribution in [1.29, 1.82) is 0 Å². The maximum atomic E-state index is 11.6. The first kappa shape index (κ1) is 13.1. The minimum absolute atomic E-state index is 0. The first-order valence-corrected chi connectivity index (χ1v) is 3.95. The largest absolute Gasteiger partial charge is 0.301 e. The molecule has 0 aliphatic rings. The summed E-state index contributed by atoms with van der Waals surface area (Å²) >= 11 is 0. The van der Waals surface area contributed by atoms with Crippen molar-refractivity contribution in [3.63, 3.8) is 0 Å². The minimum Gasteiger partial charge on any atom is -0.269 e. The molecule has 0 saturated carbocycles. The second kappa shape index (κ2) is 9.53. The summed E-state index contributed by atoms with van der Waals surface area (Å²) in [4.78, 5) is 9.81. The van der Waals surface area contributed by atoms with Crippen LogP contribution in [0.2, 0.25) is 0 Å². The average Bonchev–Trinajstić information content (AvgIpc) is 1.87. The van der Waals surface area contributed by atoms with Crippen LogP contribution in [0.1, 0.15) is 45.4 Å². The van der Waals surface area contributed by atoms with Crippen molar-refractivity contribution < 1.29 is 13.9 Å². The van der Waals surface area contributed by atoms with Crippen molar-refractivity contribution in [2.75, 3.05) is 0 Å². The second-order valence-electron chi connectivity index (χ2n) is 2.52. The molecule has 0 radical (unpaired) electrons. The summed E-state index contributed by atoms with van der Waals surface area (Å²) in [6, 6.07) is -1.17. The molecule has 0 atom stereocenters. The van der Waals surface area contributed by atoms with Gasteiger partial charge in [0.05, 0.1) is 0 Å². The van der Waals surface area contributed by atoms with Crippen LogP contribution in [0.15, 0.2) is 0 Å². The van der Waals surface area contributed by atoms with Crippen LogP contribution in [0.3, 0.4) is 0 Å². The van der Waals surface area contributed by atoms with E-state index in [1.54, 1.807) is 0 Å². The molecule has 0 spiro atoms. The van der Waals surface area contributed by atoms with Gasteiger partial charge in [-0.2, -0.15) is 4.39 Å². The molecule has 0 fully saturated rings. The van der Waals surface area contributed by atoms with Crippen molar-refractivity contribution in [2.24, 2.45) is 0 Å². The molecular weight excluding hydrogens is 150 g/mol. The van der Waals surface area contributed by atoms with Gasteiger partial charge in [-0.25, -0.2) is 0 Å². The molecule has 0 amide bonds. The summed E-state index contributed by atoms with van der Waals surface area (Å²) in [5, 5.41) is 0. The van der Waals surface area contributed by atoms with Gasteiger partial charge in [0.25, 0.3) is 0 Å². The Hall–Kier alpha value is -0.470. The second-order valence-corrected chi connectivity index (χ2v) is 2.52. The van der Waals surface area contributed by atoms with Crippen molar-refractivity contribution >= 4 is 6.04 Å². The molecule has 0 saturated heterocycles. The van der Waals surface area contributed by atoms with Crippen LogP contribution in [0.4, 0.5) is 9.09 Å². The summed E-state index contributed by atoms with van der Waals surface area (Å²) in [5.74, 6) is 0. The van der Waals surface area contributed by atoms with E-state index in [9.17, 15) is 9.18 Å². The van der Waals surface area contributed by atoms with Crippen molar-refractivity contribution in [3.8, 4) is 0 Å². The van der Waals surface area contributed by atoms with Gasteiger partial charge in [-0.05, 0) is 6.42 Å². The highest BCUT2D eigenvalue weighted by Gasteiger charge is 1.95. The normalized spacial score (nSPS) is 8.91. The fraction of sp³-hybridized carbons (Fsp3) is 0.875. The fourth-order valence-electron chi connectivity index (χ4n) is 0.868. The molecule has 0 aromatic carbocycles. The summed E-state index contributed by atoms with van der Waals surface area (Å²) in [7, 11) is 0. The van der Waals surface area contributed by atoms with Gasteiger partial charge in [0.1, 0.15) is 0 Å². The van der Waals surface area contributed by atoms with Gasteiger partial charge < -0.3 is 0 Å². The Morgan fingerprint density at radius 2 is 1.73 bits per heavy atom. The zero-order valence-electron chi connectivity index (χ0n) is 6.94. The number of hydrogen-bond donors (Lipinski definition) is 0. The topological polar surface area (TPSA) is 17.1 Å². The molecule has 0 aromatic rings. The Balaban J connectivity index is 0. The Labute approximate surface area is 66.3 Å². The van der Waals surface area contributed by atoms with Crippen molar-refractivity contribution in [1.82, 2.24) is 0 Å². The smallest absolute Gasteiger partial charge is 0.269 e. The van der Waals surface area contributed by atoms with E-state index in [0.717, 1.165) is 19.3 Å². The van der Waals surface area contributed by atoms with E-state index >= 15 is 0 Å². The Morgan fingerprint density at radius 3 is 2.18 bits per heavy atom. The first-order chi connectivity index (χ1) is 4.77. The standard InChI is InChI=1S/C8H15FO.FH/c1-2-3-4-5-6-7-8(9)10;/h2-7H2,1H3;1H. The SMILES string of the molecule is CCCCCCCC(=O)F.F. The summed E-state index contributed by atoms with van der Waals surface area (Å²) in [6.45, 7) is 2.13. The third-order valence-corrected chi connectivity index (χ3v) is 1.48. The minimum atomic E-state index is -1.17. The van der Waals surface area contributed by atoms with E-state index < -0.39 is 6.04 Å². The highest BCUT2D eigenvalue weighted by atomic mass is 19.1. The fourth-order valence-corrected chi connectivity index (χ4v) is 0.868. The van der Waals surface area contributed by atoms with Crippen LogP contribution in [0, 0.1) is 0 Å². The molecule has 0 N–H and O–H groups in total. The van der Waals surface area contributed by atoms with Gasteiger partial charge in [0.2, 0.25) is 0 Å². The van der Waals surface area contributed by atoms with E-state index in [1.807, 2.05) is 0 Å². The zero-order valence-corrected chi connectivity index (χ0v) is 6.94. The maximum Gasteiger partial charge on any atom is 0.301 e. The third kappa shape index (κ3) is 12.7. The van der Waals surface area contributed by atoms with Crippen molar-refractivity contribution in [3.05, 3.63) is 0 Å². The molecule has 0 bridgehead atoms. The van der Waals surface area contributed by atoms with E-state index in [4.69, 9.17) is 0 Å². The van der Waals surface area contributed by atoms with Crippen LogP contribution in [0.25, 0.3) is 0 Å². The number of rotatable bonds is 6. The molecule has 0 heterocycles. The summed E-state index contributed by atoms with van der Waals surface area (Å²) in [5.41, 5.74) is 0. The van der Waals surface area contributed by atoms with E-state index in [1.165, 1.54) is 12.8 Å². The maximum absolute atomic E-state index is 11.6. The molecule has 0 unspecified atom stereocenters. The highest BCUT2D eigenvalue weighted by molar-refractivity contribution is 5.67. The van der Waals surface area contributed by atoms with E-state index in [0.29, 0.717) is 0 Å². The average molecular weight is 166 g/mol.